The van der Waals surface area contributed by atoms with Crippen LogP contribution in [0.3, 0.4) is 0 Å². The Kier molecular flexibility index (Phi) is 61.3. The van der Waals surface area contributed by atoms with Crippen molar-refractivity contribution in [3.8, 4) is 0 Å². The van der Waals surface area contributed by atoms with E-state index < -0.39 is 0 Å². The maximum atomic E-state index is 4.56. The molecule has 0 radical (unpaired) electrons. The van der Waals surface area contributed by atoms with Crippen molar-refractivity contribution in [1.82, 2.24) is 4.90 Å². The van der Waals surface area contributed by atoms with E-state index in [0.717, 1.165) is 19.3 Å². The second kappa shape index (κ2) is 36.4. The summed E-state index contributed by atoms with van der Waals surface area (Å²) in [5.41, 5.74) is 0. The van der Waals surface area contributed by atoms with Gasteiger partial charge in [-0.1, -0.05) is 44.4 Å². The van der Waals surface area contributed by atoms with Gasteiger partial charge in [0.05, 0.1) is 0 Å². The predicted octanol–water partition coefficient (Wildman–Crippen LogP) is 4.86. The average Bonchev–Trinajstić information content (AvgIpc) is 2.39. The van der Waals surface area contributed by atoms with Gasteiger partial charge in [-0.3, -0.25) is 0 Å². The third-order valence-electron chi connectivity index (χ3n) is 1.43. The zero-order valence-corrected chi connectivity index (χ0v) is 18.1. The van der Waals surface area contributed by atoms with E-state index in [-0.39, 0.29) is 23.9 Å². The first-order valence-corrected chi connectivity index (χ1v) is 7.46. The molecule has 0 atom stereocenters. The van der Waals surface area contributed by atoms with Gasteiger partial charge in [0, 0.05) is 14.1 Å². The second-order valence-electron chi connectivity index (χ2n) is 3.72. The molecule has 0 aromatic heterocycles. The van der Waals surface area contributed by atoms with E-state index in [1.165, 1.54) is 19.3 Å². The summed E-state index contributed by atoms with van der Waals surface area (Å²) in [6, 6.07) is 0. The molecule has 0 aliphatic heterocycles. The smallest absolute Gasteiger partial charge is 0.411 e. The van der Waals surface area contributed by atoms with Crippen LogP contribution in [0.4, 0.5) is 0 Å². The Morgan fingerprint density at radius 2 is 1.00 bits per heavy atom. The van der Waals surface area contributed by atoms with Crippen molar-refractivity contribution in [3.05, 3.63) is 20.8 Å². The van der Waals surface area contributed by atoms with Gasteiger partial charge in [0.2, 0.25) is 0 Å². The van der Waals surface area contributed by atoms with E-state index in [1.54, 1.807) is 4.90 Å². The molecule has 0 aliphatic carbocycles. The van der Waals surface area contributed by atoms with Crippen molar-refractivity contribution >= 4 is 53.1 Å². The van der Waals surface area contributed by atoms with Crippen molar-refractivity contribution in [3.63, 3.8) is 0 Å². The fourth-order valence-electron chi connectivity index (χ4n) is 0. The molecule has 1 nitrogen and oxygen atoms in total. The molecule has 0 aromatic rings. The molecule has 0 heterocycles. The molecule has 0 saturated heterocycles. The van der Waals surface area contributed by atoms with Crippen molar-refractivity contribution in [2.45, 2.75) is 59.3 Å². The van der Waals surface area contributed by atoms with Gasteiger partial charge in [0.1, 0.15) is 0 Å². The maximum Gasteiger partial charge on any atom is 4.00 e. The molecule has 0 spiro atoms. The third-order valence-corrected chi connectivity index (χ3v) is 2.16. The van der Waals surface area contributed by atoms with Crippen LogP contribution in [-0.2, 0) is 12.6 Å². The van der Waals surface area contributed by atoms with Crippen LogP contribution >= 0.6 is 12.2 Å². The normalized spacial score (nSPS) is 7.16. The van der Waals surface area contributed by atoms with Crippen LogP contribution in [0, 0.1) is 20.8 Å². The first-order valence-electron chi connectivity index (χ1n) is 6.65. The van der Waals surface area contributed by atoms with E-state index >= 15 is 0 Å². The number of hydrogen-bond donors (Lipinski definition) is 0. The molecule has 19 heavy (non-hydrogen) atoms. The van der Waals surface area contributed by atoms with E-state index in [1.807, 2.05) is 14.1 Å². The monoisotopic (exact) mass is 411 g/mol. The van der Waals surface area contributed by atoms with Gasteiger partial charge in [-0.2, -0.15) is 19.3 Å². The molecular weight excluding hydrogens is 377 g/mol. The number of thiocarbonyl (C=S) groups is 1. The van der Waals surface area contributed by atoms with Gasteiger partial charge in [-0.25, -0.2) is 0 Å². The van der Waals surface area contributed by atoms with Gasteiger partial charge in [-0.15, -0.1) is 0 Å². The molecule has 0 fully saturated rings. The van der Waals surface area contributed by atoms with Crippen LogP contribution in [-0.4, -0.2) is 47.2 Å². The average molecular weight is 410 g/mol. The minimum atomic E-state index is 0. The molecule has 0 N–H and O–H groups in total. The fourth-order valence-corrected chi connectivity index (χ4v) is 0. The first-order chi connectivity index (χ1) is 8.39. The Labute approximate surface area is 151 Å². The zero-order chi connectivity index (χ0) is 15.4. The van der Waals surface area contributed by atoms with Crippen LogP contribution in [0.25, 0.3) is 0 Å². The molecule has 4 heteroatoms. The molecule has 0 aromatic carbocycles. The molecule has 114 valence electrons. The second-order valence-corrected chi connectivity index (χ2v) is 4.75. The summed E-state index contributed by atoms with van der Waals surface area (Å²) in [5.74, 6) is 0. The van der Waals surface area contributed by atoms with Crippen LogP contribution < -0.4 is 0 Å². The number of hydrogen-bond acceptors (Lipinski definition) is 2. The van der Waals surface area contributed by atoms with Crippen molar-refractivity contribution in [2.75, 3.05) is 14.1 Å². The molecular formula is C15H33NS2Sn. The molecule has 0 saturated carbocycles. The van der Waals surface area contributed by atoms with E-state index in [9.17, 15) is 0 Å². The van der Waals surface area contributed by atoms with Crippen LogP contribution in [0.5, 0.6) is 0 Å². The Balaban J connectivity index is -0.0000000459. The van der Waals surface area contributed by atoms with Crippen molar-refractivity contribution in [1.29, 1.82) is 0 Å². The van der Waals surface area contributed by atoms with Gasteiger partial charge in [-0.05, 0) is 0 Å². The molecule has 0 amide bonds. The van der Waals surface area contributed by atoms with Gasteiger partial charge < -0.3 is 50.5 Å². The standard InChI is InChI=1S/3C4H9.C3H7NS2.Sn/c3*1-3-4-2;1-4(2)3(5)6;/h3*1,3-4H2,2H3;1-2H3,(H,5,6);/q3*-1;;+4/p-1. The minimum absolute atomic E-state index is 0. The first kappa shape index (κ1) is 32.0. The van der Waals surface area contributed by atoms with Crippen LogP contribution in [0.15, 0.2) is 0 Å². The molecule has 0 aliphatic rings. The zero-order valence-electron chi connectivity index (χ0n) is 13.6. The number of rotatable bonds is 3. The van der Waals surface area contributed by atoms with Crippen LogP contribution in [0.2, 0.25) is 0 Å². The molecule has 0 rings (SSSR count). The summed E-state index contributed by atoms with van der Waals surface area (Å²) >= 11 is 9.12. The minimum Gasteiger partial charge on any atom is -0.411 e. The Morgan fingerprint density at radius 1 is 0.895 bits per heavy atom. The summed E-state index contributed by atoms with van der Waals surface area (Å²) in [4.78, 5) is 1.71. The summed E-state index contributed by atoms with van der Waals surface area (Å²) < 4.78 is 0.509. The fraction of sp³-hybridized carbons (Fsp3) is 0.733. The third kappa shape index (κ3) is 86.4. The summed E-state index contributed by atoms with van der Waals surface area (Å²) in [6.07, 6.45) is 6.83. The quantitative estimate of drug-likeness (QED) is 0.283. The topological polar surface area (TPSA) is 3.24 Å². The summed E-state index contributed by atoms with van der Waals surface area (Å²) in [5, 5.41) is 0. The predicted molar refractivity (Wildman–Crippen MR) is 100 cm³/mol. The van der Waals surface area contributed by atoms with Gasteiger partial charge >= 0.3 is 23.9 Å². The number of nitrogens with zero attached hydrogens (tertiary/aromatic N) is 1. The van der Waals surface area contributed by atoms with Crippen LogP contribution in [0.1, 0.15) is 59.3 Å². The van der Waals surface area contributed by atoms with E-state index in [2.05, 4.69) is 66.4 Å². The van der Waals surface area contributed by atoms with Crippen molar-refractivity contribution < 1.29 is 0 Å². The van der Waals surface area contributed by atoms with Gasteiger partial charge in [0.15, 0.2) is 0 Å². The van der Waals surface area contributed by atoms with E-state index in [0.29, 0.717) is 4.32 Å². The summed E-state index contributed by atoms with van der Waals surface area (Å²) in [6.45, 7) is 17.2. The molecule has 0 unspecified atom stereocenters. The molecule has 0 bridgehead atoms. The number of unbranched alkanes of at least 4 members (excludes halogenated alkanes) is 3. The maximum absolute atomic E-state index is 4.56. The SMILES string of the molecule is CN(C)C(=S)[S-].[CH2-]CCC.[CH2-]CCC.[CH2-]CCC.[Sn+4]. The summed E-state index contributed by atoms with van der Waals surface area (Å²) in [7, 11) is 3.66. The Bertz CT molecular complexity index is 116. The Hall–Kier alpha value is 0.909. The Morgan fingerprint density at radius 3 is 1.00 bits per heavy atom. The van der Waals surface area contributed by atoms with Crippen molar-refractivity contribution in [2.24, 2.45) is 0 Å². The van der Waals surface area contributed by atoms with E-state index in [4.69, 9.17) is 0 Å². The van der Waals surface area contributed by atoms with Gasteiger partial charge in [0.25, 0.3) is 0 Å². The largest absolute Gasteiger partial charge is 4.00 e.